The van der Waals surface area contributed by atoms with Crippen molar-refractivity contribution in [1.82, 2.24) is 10.2 Å². The largest absolute Gasteiger partial charge is 0.352 e. The number of carbonyl (C=O) groups is 2. The number of hydrogen-bond acceptors (Lipinski definition) is 3. The van der Waals surface area contributed by atoms with Crippen molar-refractivity contribution in [3.05, 3.63) is 35.4 Å². The standard InChI is InChI=1S/C20H31N3O2/c1-14(21)17-7-5-6-12-23(17)19(25)16-10-8-15(9-11-16)18(24)22-13-20(2,3)4/h8-11,14,17H,5-7,12-13,21H2,1-4H3,(H,22,24). The highest BCUT2D eigenvalue weighted by Gasteiger charge is 2.29. The molecule has 0 bridgehead atoms. The number of carbonyl (C=O) groups excluding carboxylic acids is 2. The van der Waals surface area contributed by atoms with Crippen molar-refractivity contribution in [3.63, 3.8) is 0 Å². The van der Waals surface area contributed by atoms with Crippen LogP contribution in [0.4, 0.5) is 0 Å². The second kappa shape index (κ2) is 8.00. The third-order valence-electron chi connectivity index (χ3n) is 4.59. The van der Waals surface area contributed by atoms with Crippen molar-refractivity contribution in [3.8, 4) is 0 Å². The normalized spacial score (nSPS) is 19.4. The summed E-state index contributed by atoms with van der Waals surface area (Å²) in [5.41, 5.74) is 7.28. The molecule has 2 unspecified atom stereocenters. The Morgan fingerprint density at radius 3 is 2.36 bits per heavy atom. The summed E-state index contributed by atoms with van der Waals surface area (Å²) < 4.78 is 0. The molecule has 25 heavy (non-hydrogen) atoms. The number of piperidine rings is 1. The average Bonchev–Trinajstić information content (AvgIpc) is 2.58. The zero-order chi connectivity index (χ0) is 18.6. The first-order chi connectivity index (χ1) is 11.7. The van der Waals surface area contributed by atoms with Gasteiger partial charge in [0.2, 0.25) is 0 Å². The van der Waals surface area contributed by atoms with Crippen LogP contribution in [0.5, 0.6) is 0 Å². The van der Waals surface area contributed by atoms with Gasteiger partial charge >= 0.3 is 0 Å². The van der Waals surface area contributed by atoms with Gasteiger partial charge in [0.25, 0.3) is 11.8 Å². The highest BCUT2D eigenvalue weighted by molar-refractivity contribution is 5.98. The van der Waals surface area contributed by atoms with E-state index in [1.54, 1.807) is 24.3 Å². The van der Waals surface area contributed by atoms with E-state index in [9.17, 15) is 9.59 Å². The molecular formula is C20H31N3O2. The first-order valence-electron chi connectivity index (χ1n) is 9.14. The number of rotatable bonds is 4. The molecule has 2 rings (SSSR count). The lowest BCUT2D eigenvalue weighted by Gasteiger charge is -2.38. The smallest absolute Gasteiger partial charge is 0.254 e. The zero-order valence-electron chi connectivity index (χ0n) is 15.8. The fourth-order valence-electron chi connectivity index (χ4n) is 3.13. The Labute approximate surface area is 151 Å². The summed E-state index contributed by atoms with van der Waals surface area (Å²) in [5, 5.41) is 2.92. The SMILES string of the molecule is CC(N)C1CCCCN1C(=O)c1ccc(C(=O)NCC(C)(C)C)cc1. The fraction of sp³-hybridized carbons (Fsp3) is 0.600. The predicted molar refractivity (Wildman–Crippen MR) is 101 cm³/mol. The summed E-state index contributed by atoms with van der Waals surface area (Å²) in [5.74, 6) is -0.107. The minimum Gasteiger partial charge on any atom is -0.352 e. The van der Waals surface area contributed by atoms with Crippen LogP contribution in [0.1, 0.15) is 67.7 Å². The van der Waals surface area contributed by atoms with Crippen molar-refractivity contribution in [2.45, 2.75) is 59.0 Å². The van der Waals surface area contributed by atoms with Crippen LogP contribution >= 0.6 is 0 Å². The highest BCUT2D eigenvalue weighted by Crippen LogP contribution is 2.21. The van der Waals surface area contributed by atoms with E-state index in [1.165, 1.54) is 0 Å². The lowest BCUT2D eigenvalue weighted by molar-refractivity contribution is 0.0583. The third kappa shape index (κ3) is 5.30. The van der Waals surface area contributed by atoms with Gasteiger partial charge in [-0.15, -0.1) is 0 Å². The van der Waals surface area contributed by atoms with E-state index in [1.807, 2.05) is 11.8 Å². The van der Waals surface area contributed by atoms with E-state index >= 15 is 0 Å². The molecule has 1 fully saturated rings. The van der Waals surface area contributed by atoms with Crippen molar-refractivity contribution in [1.29, 1.82) is 0 Å². The molecule has 5 nitrogen and oxygen atoms in total. The van der Waals surface area contributed by atoms with Gasteiger partial charge in [0, 0.05) is 36.3 Å². The van der Waals surface area contributed by atoms with Gasteiger partial charge in [-0.2, -0.15) is 0 Å². The lowest BCUT2D eigenvalue weighted by atomic mass is 9.95. The average molecular weight is 345 g/mol. The maximum absolute atomic E-state index is 12.8. The Bertz CT molecular complexity index is 602. The Morgan fingerprint density at radius 2 is 1.80 bits per heavy atom. The van der Waals surface area contributed by atoms with Crippen LogP contribution in [-0.2, 0) is 0 Å². The van der Waals surface area contributed by atoms with Gasteiger partial charge in [-0.1, -0.05) is 20.8 Å². The van der Waals surface area contributed by atoms with Crippen molar-refractivity contribution < 1.29 is 9.59 Å². The highest BCUT2D eigenvalue weighted by atomic mass is 16.2. The van der Waals surface area contributed by atoms with Crippen LogP contribution in [0.3, 0.4) is 0 Å². The molecule has 1 aliphatic heterocycles. The molecule has 0 aliphatic carbocycles. The minimum absolute atomic E-state index is 0.00338. The molecule has 1 heterocycles. The van der Waals surface area contributed by atoms with Crippen molar-refractivity contribution in [2.24, 2.45) is 11.1 Å². The molecule has 3 N–H and O–H groups in total. The number of likely N-dealkylation sites (tertiary alicyclic amines) is 1. The molecular weight excluding hydrogens is 314 g/mol. The molecule has 0 spiro atoms. The topological polar surface area (TPSA) is 75.4 Å². The van der Waals surface area contributed by atoms with Crippen molar-refractivity contribution in [2.75, 3.05) is 13.1 Å². The van der Waals surface area contributed by atoms with Crippen LogP contribution in [0.2, 0.25) is 0 Å². The van der Waals surface area contributed by atoms with E-state index in [-0.39, 0.29) is 29.3 Å². The summed E-state index contributed by atoms with van der Waals surface area (Å²) in [6, 6.07) is 6.97. The molecule has 1 saturated heterocycles. The zero-order valence-corrected chi connectivity index (χ0v) is 15.8. The van der Waals surface area contributed by atoms with E-state index < -0.39 is 0 Å². The summed E-state index contributed by atoms with van der Waals surface area (Å²) in [7, 11) is 0. The van der Waals surface area contributed by atoms with E-state index in [2.05, 4.69) is 26.1 Å². The molecule has 138 valence electrons. The summed E-state index contributed by atoms with van der Waals surface area (Å²) >= 11 is 0. The van der Waals surface area contributed by atoms with Crippen molar-refractivity contribution >= 4 is 11.8 Å². The van der Waals surface area contributed by atoms with Gasteiger partial charge in [-0.05, 0) is 55.9 Å². The number of benzene rings is 1. The summed E-state index contributed by atoms with van der Waals surface area (Å²) in [4.78, 5) is 26.9. The van der Waals surface area contributed by atoms with Crippen LogP contribution in [0.25, 0.3) is 0 Å². The molecule has 2 atom stereocenters. The maximum atomic E-state index is 12.8. The second-order valence-electron chi connectivity index (χ2n) is 8.24. The third-order valence-corrected chi connectivity index (χ3v) is 4.59. The van der Waals surface area contributed by atoms with Gasteiger partial charge in [0.1, 0.15) is 0 Å². The minimum atomic E-state index is -0.111. The van der Waals surface area contributed by atoms with Gasteiger partial charge < -0.3 is 16.0 Å². The van der Waals surface area contributed by atoms with Crippen LogP contribution in [-0.4, -0.2) is 41.9 Å². The van der Waals surface area contributed by atoms with Crippen LogP contribution < -0.4 is 11.1 Å². The molecule has 1 aromatic rings. The molecule has 0 radical (unpaired) electrons. The van der Waals surface area contributed by atoms with E-state index in [0.29, 0.717) is 17.7 Å². The Kier molecular flexibility index (Phi) is 6.22. The van der Waals surface area contributed by atoms with E-state index in [4.69, 9.17) is 5.73 Å². The molecule has 0 saturated carbocycles. The lowest BCUT2D eigenvalue weighted by Crippen LogP contribution is -2.51. The number of nitrogens with one attached hydrogen (secondary N) is 1. The molecule has 1 aromatic carbocycles. The number of nitrogens with zero attached hydrogens (tertiary/aromatic N) is 1. The summed E-state index contributed by atoms with van der Waals surface area (Å²) in [6.45, 7) is 9.53. The molecule has 1 aliphatic rings. The second-order valence-corrected chi connectivity index (χ2v) is 8.24. The van der Waals surface area contributed by atoms with Gasteiger partial charge in [0.15, 0.2) is 0 Å². The van der Waals surface area contributed by atoms with Gasteiger partial charge in [0.05, 0.1) is 0 Å². The summed E-state index contributed by atoms with van der Waals surface area (Å²) in [6.07, 6.45) is 3.09. The van der Waals surface area contributed by atoms with Crippen LogP contribution in [0.15, 0.2) is 24.3 Å². The Morgan fingerprint density at radius 1 is 1.20 bits per heavy atom. The predicted octanol–water partition coefficient (Wildman–Crippen LogP) is 2.80. The van der Waals surface area contributed by atoms with Crippen LogP contribution in [0, 0.1) is 5.41 Å². The Balaban J connectivity index is 2.05. The van der Waals surface area contributed by atoms with Gasteiger partial charge in [-0.25, -0.2) is 0 Å². The number of amides is 2. The molecule has 5 heteroatoms. The number of hydrogen-bond donors (Lipinski definition) is 2. The molecule has 2 amide bonds. The fourth-order valence-corrected chi connectivity index (χ4v) is 3.13. The number of nitrogens with two attached hydrogens (primary N) is 1. The Hall–Kier alpha value is -1.88. The monoisotopic (exact) mass is 345 g/mol. The molecule has 0 aromatic heterocycles. The van der Waals surface area contributed by atoms with Gasteiger partial charge in [-0.3, -0.25) is 9.59 Å². The maximum Gasteiger partial charge on any atom is 0.254 e. The van der Waals surface area contributed by atoms with E-state index in [0.717, 1.165) is 25.8 Å². The first kappa shape index (κ1) is 19.4. The quantitative estimate of drug-likeness (QED) is 0.881. The first-order valence-corrected chi connectivity index (χ1v) is 9.14.